The number of halogens is 1. The van der Waals surface area contributed by atoms with Gasteiger partial charge in [0.05, 0.1) is 12.2 Å². The molecule has 0 amide bonds. The summed E-state index contributed by atoms with van der Waals surface area (Å²) in [6.45, 7) is 3.06. The molecule has 1 atom stereocenters. The molecule has 2 nitrogen and oxygen atoms in total. The molecule has 1 aromatic heterocycles. The zero-order valence-electron chi connectivity index (χ0n) is 12.0. The fourth-order valence-corrected chi connectivity index (χ4v) is 3.64. The molecule has 4 heteroatoms. The predicted molar refractivity (Wildman–Crippen MR) is 92.5 cm³/mol. The third kappa shape index (κ3) is 4.08. The molecular formula is C16H21BrN2S. The quantitative estimate of drug-likeness (QED) is 0.833. The Morgan fingerprint density at radius 1 is 1.35 bits per heavy atom. The summed E-state index contributed by atoms with van der Waals surface area (Å²) in [6.07, 6.45) is 1.95. The van der Waals surface area contributed by atoms with E-state index in [1.54, 1.807) is 11.3 Å². The Morgan fingerprint density at radius 3 is 2.75 bits per heavy atom. The summed E-state index contributed by atoms with van der Waals surface area (Å²) >= 11 is 5.48. The molecule has 0 radical (unpaired) electrons. The Morgan fingerprint density at radius 2 is 2.15 bits per heavy atom. The molecule has 0 saturated heterocycles. The van der Waals surface area contributed by atoms with E-state index in [0.29, 0.717) is 0 Å². The van der Waals surface area contributed by atoms with Crippen molar-refractivity contribution < 1.29 is 0 Å². The van der Waals surface area contributed by atoms with Crippen LogP contribution in [0.15, 0.2) is 40.2 Å². The van der Waals surface area contributed by atoms with Crippen LogP contribution >= 0.6 is 27.3 Å². The first-order chi connectivity index (χ1) is 9.60. The Labute approximate surface area is 133 Å². The average Bonchev–Trinajstić information content (AvgIpc) is 2.91. The molecule has 1 unspecified atom stereocenters. The fourth-order valence-electron chi connectivity index (χ4n) is 2.16. The van der Waals surface area contributed by atoms with E-state index in [-0.39, 0.29) is 6.04 Å². The average molecular weight is 353 g/mol. The number of hydrogen-bond donors (Lipinski definition) is 1. The second-order valence-electron chi connectivity index (χ2n) is 5.09. The molecule has 2 N–H and O–H groups in total. The van der Waals surface area contributed by atoms with E-state index in [9.17, 15) is 0 Å². The molecule has 0 aliphatic rings. The van der Waals surface area contributed by atoms with E-state index in [4.69, 9.17) is 5.73 Å². The monoisotopic (exact) mass is 352 g/mol. The van der Waals surface area contributed by atoms with Crippen molar-refractivity contribution in [1.82, 2.24) is 0 Å². The highest BCUT2D eigenvalue weighted by atomic mass is 79.9. The molecule has 0 spiro atoms. The van der Waals surface area contributed by atoms with E-state index in [1.165, 1.54) is 16.1 Å². The van der Waals surface area contributed by atoms with Crippen LogP contribution in [0.2, 0.25) is 0 Å². The van der Waals surface area contributed by atoms with Gasteiger partial charge in [-0.3, -0.25) is 0 Å². The number of nitrogens with zero attached hydrogens (tertiary/aromatic N) is 1. The van der Waals surface area contributed by atoms with Gasteiger partial charge < -0.3 is 10.6 Å². The summed E-state index contributed by atoms with van der Waals surface area (Å²) in [5.41, 5.74) is 8.53. The first-order valence-electron chi connectivity index (χ1n) is 6.87. The van der Waals surface area contributed by atoms with Gasteiger partial charge in [0.15, 0.2) is 0 Å². The van der Waals surface area contributed by atoms with E-state index in [1.807, 2.05) is 0 Å². The molecule has 0 bridgehead atoms. The summed E-state index contributed by atoms with van der Waals surface area (Å²) in [7, 11) is 2.12. The SMILES string of the molecule is CCC(N)Cc1ccc(N(C)Cc2cccs2)c(Br)c1. The highest BCUT2D eigenvalue weighted by Crippen LogP contribution is 2.28. The van der Waals surface area contributed by atoms with Crippen LogP contribution in [-0.2, 0) is 13.0 Å². The highest BCUT2D eigenvalue weighted by molar-refractivity contribution is 9.10. The summed E-state index contributed by atoms with van der Waals surface area (Å²) in [5.74, 6) is 0. The van der Waals surface area contributed by atoms with E-state index in [0.717, 1.165) is 23.9 Å². The topological polar surface area (TPSA) is 29.3 Å². The standard InChI is InChI=1S/C16H21BrN2S/c1-3-13(18)9-12-6-7-16(15(17)10-12)19(2)11-14-5-4-8-20-14/h4-8,10,13H,3,9,11,18H2,1-2H3. The minimum Gasteiger partial charge on any atom is -0.369 e. The van der Waals surface area contributed by atoms with Crippen LogP contribution in [0.1, 0.15) is 23.8 Å². The normalized spacial score (nSPS) is 12.4. The second-order valence-corrected chi connectivity index (χ2v) is 6.98. The number of rotatable bonds is 6. The molecule has 1 aromatic carbocycles. The number of hydrogen-bond acceptors (Lipinski definition) is 3. The van der Waals surface area contributed by atoms with Crippen molar-refractivity contribution in [2.45, 2.75) is 32.4 Å². The van der Waals surface area contributed by atoms with E-state index in [2.05, 4.69) is 70.5 Å². The van der Waals surface area contributed by atoms with Gasteiger partial charge in [-0.25, -0.2) is 0 Å². The Bertz CT molecular complexity index is 539. The van der Waals surface area contributed by atoms with Crippen LogP contribution in [0.5, 0.6) is 0 Å². The Balaban J connectivity index is 2.08. The second kappa shape index (κ2) is 7.25. The molecule has 0 aliphatic heterocycles. The fraction of sp³-hybridized carbons (Fsp3) is 0.375. The lowest BCUT2D eigenvalue weighted by Gasteiger charge is -2.21. The van der Waals surface area contributed by atoms with Gasteiger partial charge in [0.1, 0.15) is 0 Å². The smallest absolute Gasteiger partial charge is 0.0519 e. The van der Waals surface area contributed by atoms with Crippen molar-refractivity contribution in [3.05, 3.63) is 50.6 Å². The minimum absolute atomic E-state index is 0.247. The first kappa shape index (κ1) is 15.5. The third-order valence-corrected chi connectivity index (χ3v) is 4.92. The summed E-state index contributed by atoms with van der Waals surface area (Å²) < 4.78 is 1.14. The number of benzene rings is 1. The van der Waals surface area contributed by atoms with Gasteiger partial charge in [-0.05, 0) is 57.9 Å². The number of nitrogens with two attached hydrogens (primary N) is 1. The maximum Gasteiger partial charge on any atom is 0.0519 e. The van der Waals surface area contributed by atoms with Crippen LogP contribution in [0.4, 0.5) is 5.69 Å². The van der Waals surface area contributed by atoms with Crippen molar-refractivity contribution in [3.8, 4) is 0 Å². The van der Waals surface area contributed by atoms with Gasteiger partial charge in [0.25, 0.3) is 0 Å². The van der Waals surface area contributed by atoms with Gasteiger partial charge in [0, 0.05) is 22.4 Å². The maximum absolute atomic E-state index is 6.02. The first-order valence-corrected chi connectivity index (χ1v) is 8.55. The van der Waals surface area contributed by atoms with Gasteiger partial charge in [-0.15, -0.1) is 11.3 Å². The molecular weight excluding hydrogens is 332 g/mol. The lowest BCUT2D eigenvalue weighted by atomic mass is 10.0. The van der Waals surface area contributed by atoms with Crippen molar-refractivity contribution in [1.29, 1.82) is 0 Å². The van der Waals surface area contributed by atoms with Crippen LogP contribution < -0.4 is 10.6 Å². The summed E-state index contributed by atoms with van der Waals surface area (Å²) in [6, 6.07) is 11.1. The minimum atomic E-state index is 0.247. The van der Waals surface area contributed by atoms with Gasteiger partial charge in [-0.2, -0.15) is 0 Å². The largest absolute Gasteiger partial charge is 0.369 e. The molecule has 20 heavy (non-hydrogen) atoms. The van der Waals surface area contributed by atoms with Crippen molar-refractivity contribution in [2.75, 3.05) is 11.9 Å². The van der Waals surface area contributed by atoms with Crippen LogP contribution in [0, 0.1) is 0 Å². The van der Waals surface area contributed by atoms with Crippen molar-refractivity contribution in [2.24, 2.45) is 5.73 Å². The van der Waals surface area contributed by atoms with Crippen LogP contribution in [0.3, 0.4) is 0 Å². The molecule has 108 valence electrons. The molecule has 0 aliphatic carbocycles. The van der Waals surface area contributed by atoms with Gasteiger partial charge >= 0.3 is 0 Å². The third-order valence-electron chi connectivity index (χ3n) is 3.42. The van der Waals surface area contributed by atoms with Crippen LogP contribution in [0.25, 0.3) is 0 Å². The van der Waals surface area contributed by atoms with Crippen LogP contribution in [-0.4, -0.2) is 13.1 Å². The summed E-state index contributed by atoms with van der Waals surface area (Å²) in [5, 5.41) is 2.12. The Kier molecular flexibility index (Phi) is 5.64. The van der Waals surface area contributed by atoms with Crippen molar-refractivity contribution in [3.63, 3.8) is 0 Å². The number of thiophene rings is 1. The predicted octanol–water partition coefficient (Wildman–Crippen LogP) is 4.43. The zero-order chi connectivity index (χ0) is 14.5. The summed E-state index contributed by atoms with van der Waals surface area (Å²) in [4.78, 5) is 3.64. The Hall–Kier alpha value is -0.840. The van der Waals surface area contributed by atoms with Gasteiger partial charge in [-0.1, -0.05) is 19.1 Å². The van der Waals surface area contributed by atoms with Gasteiger partial charge in [0.2, 0.25) is 0 Å². The molecule has 0 saturated carbocycles. The molecule has 1 heterocycles. The van der Waals surface area contributed by atoms with Crippen molar-refractivity contribution >= 4 is 33.0 Å². The lowest BCUT2D eigenvalue weighted by molar-refractivity contribution is 0.646. The maximum atomic E-state index is 6.02. The van der Waals surface area contributed by atoms with E-state index >= 15 is 0 Å². The molecule has 0 fully saturated rings. The molecule has 2 rings (SSSR count). The lowest BCUT2D eigenvalue weighted by Crippen LogP contribution is -2.21. The molecule has 2 aromatic rings. The zero-order valence-corrected chi connectivity index (χ0v) is 14.4. The van der Waals surface area contributed by atoms with E-state index < -0.39 is 0 Å². The highest BCUT2D eigenvalue weighted by Gasteiger charge is 2.09. The number of anilines is 1.